The number of H-pyrrole nitrogens is 1. The van der Waals surface area contributed by atoms with Gasteiger partial charge in [-0.2, -0.15) is 0 Å². The maximum absolute atomic E-state index is 13.0. The van der Waals surface area contributed by atoms with Crippen LogP contribution in [0, 0.1) is 4.77 Å². The quantitative estimate of drug-likeness (QED) is 0.577. The summed E-state index contributed by atoms with van der Waals surface area (Å²) in [4.78, 5) is 20.3. The first-order valence-electron chi connectivity index (χ1n) is 7.09. The van der Waals surface area contributed by atoms with E-state index in [1.807, 2.05) is 60.7 Å². The van der Waals surface area contributed by atoms with Crippen molar-refractivity contribution in [3.8, 4) is 11.4 Å². The molecule has 23 heavy (non-hydrogen) atoms. The summed E-state index contributed by atoms with van der Waals surface area (Å²) in [6.45, 7) is 0. The van der Waals surface area contributed by atoms with Crippen LogP contribution in [0.3, 0.4) is 0 Å². The number of para-hydroxylation sites is 2. The average Bonchev–Trinajstić information content (AvgIpc) is 3.00. The topological polar surface area (TPSA) is 55.6 Å². The van der Waals surface area contributed by atoms with E-state index in [-0.39, 0.29) is 5.56 Å². The van der Waals surface area contributed by atoms with Gasteiger partial charge in [0, 0.05) is 5.69 Å². The molecular formula is C17H12N4OS. The Balaban J connectivity index is 2.08. The molecule has 0 unspecified atom stereocenters. The highest BCUT2D eigenvalue weighted by Crippen LogP contribution is 2.15. The van der Waals surface area contributed by atoms with Crippen LogP contribution in [0.5, 0.6) is 0 Å². The van der Waals surface area contributed by atoms with Gasteiger partial charge in [-0.05, 0) is 36.5 Å². The molecule has 4 aromatic rings. The van der Waals surface area contributed by atoms with Gasteiger partial charge in [-0.15, -0.1) is 0 Å². The normalized spacial score (nSPS) is 11.0. The maximum Gasteiger partial charge on any atom is 0.285 e. The zero-order valence-corrected chi connectivity index (χ0v) is 12.8. The van der Waals surface area contributed by atoms with Crippen molar-refractivity contribution in [2.24, 2.45) is 0 Å². The van der Waals surface area contributed by atoms with Gasteiger partial charge in [-0.3, -0.25) is 13.9 Å². The molecule has 0 amide bonds. The van der Waals surface area contributed by atoms with E-state index in [1.165, 1.54) is 4.57 Å². The molecule has 0 aliphatic carbocycles. The van der Waals surface area contributed by atoms with Crippen molar-refractivity contribution in [1.29, 1.82) is 0 Å². The lowest BCUT2D eigenvalue weighted by molar-refractivity contribution is 0.926. The van der Waals surface area contributed by atoms with Gasteiger partial charge in [0.05, 0.1) is 5.69 Å². The second-order valence-electron chi connectivity index (χ2n) is 5.05. The van der Waals surface area contributed by atoms with Crippen LogP contribution in [-0.4, -0.2) is 19.1 Å². The number of nitrogens with one attached hydrogen (secondary N) is 1. The lowest BCUT2D eigenvalue weighted by Gasteiger charge is -2.08. The van der Waals surface area contributed by atoms with E-state index >= 15 is 0 Å². The second kappa shape index (κ2) is 5.33. The zero-order chi connectivity index (χ0) is 15.8. The van der Waals surface area contributed by atoms with E-state index in [1.54, 1.807) is 10.9 Å². The number of hydrogen-bond donors (Lipinski definition) is 1. The molecule has 0 saturated heterocycles. The Bertz CT molecular complexity index is 1090. The first kappa shape index (κ1) is 13.7. The van der Waals surface area contributed by atoms with Crippen LogP contribution in [0.25, 0.3) is 22.5 Å². The lowest BCUT2D eigenvalue weighted by Crippen LogP contribution is -2.22. The highest BCUT2D eigenvalue weighted by Gasteiger charge is 2.13. The Morgan fingerprint density at radius 1 is 0.913 bits per heavy atom. The van der Waals surface area contributed by atoms with Crippen molar-refractivity contribution in [3.63, 3.8) is 0 Å². The highest BCUT2D eigenvalue weighted by molar-refractivity contribution is 7.71. The van der Waals surface area contributed by atoms with Gasteiger partial charge in [0.25, 0.3) is 5.56 Å². The average molecular weight is 320 g/mol. The Morgan fingerprint density at radius 2 is 1.52 bits per heavy atom. The maximum atomic E-state index is 13.0. The van der Waals surface area contributed by atoms with E-state index in [4.69, 9.17) is 12.2 Å². The molecule has 2 heterocycles. The summed E-state index contributed by atoms with van der Waals surface area (Å²) in [5, 5.41) is 0. The summed E-state index contributed by atoms with van der Waals surface area (Å²) in [6.07, 6.45) is 1.63. The van der Waals surface area contributed by atoms with Crippen molar-refractivity contribution >= 4 is 23.4 Å². The number of hydrogen-bond acceptors (Lipinski definition) is 3. The van der Waals surface area contributed by atoms with E-state index < -0.39 is 0 Å². The van der Waals surface area contributed by atoms with E-state index in [9.17, 15) is 4.79 Å². The van der Waals surface area contributed by atoms with Crippen molar-refractivity contribution in [2.75, 3.05) is 0 Å². The summed E-state index contributed by atoms with van der Waals surface area (Å²) in [6, 6.07) is 18.9. The number of nitrogens with zero attached hydrogens (tertiary/aromatic N) is 3. The van der Waals surface area contributed by atoms with Crippen LogP contribution in [0.4, 0.5) is 0 Å². The van der Waals surface area contributed by atoms with Gasteiger partial charge < -0.3 is 4.98 Å². The summed E-state index contributed by atoms with van der Waals surface area (Å²) in [7, 11) is 0. The van der Waals surface area contributed by atoms with Crippen LogP contribution in [-0.2, 0) is 0 Å². The van der Waals surface area contributed by atoms with Crippen molar-refractivity contribution < 1.29 is 0 Å². The predicted molar refractivity (Wildman–Crippen MR) is 91.9 cm³/mol. The fourth-order valence-electron chi connectivity index (χ4n) is 2.60. The molecular weight excluding hydrogens is 308 g/mol. The van der Waals surface area contributed by atoms with Crippen LogP contribution >= 0.6 is 12.2 Å². The molecule has 0 atom stereocenters. The van der Waals surface area contributed by atoms with E-state index in [0.717, 1.165) is 11.4 Å². The molecule has 0 aliphatic heterocycles. The molecule has 0 spiro atoms. The molecule has 0 fully saturated rings. The van der Waals surface area contributed by atoms with Crippen LogP contribution in [0.2, 0.25) is 0 Å². The largest absolute Gasteiger partial charge is 0.315 e. The lowest BCUT2D eigenvalue weighted by atomic mass is 10.3. The molecule has 0 bridgehead atoms. The van der Waals surface area contributed by atoms with Gasteiger partial charge in [0.2, 0.25) is 0 Å². The third-order valence-electron chi connectivity index (χ3n) is 3.65. The summed E-state index contributed by atoms with van der Waals surface area (Å²) >= 11 is 5.33. The number of aromatic nitrogens is 4. The Hall–Kier alpha value is -2.99. The van der Waals surface area contributed by atoms with Crippen LogP contribution in [0.15, 0.2) is 71.8 Å². The molecule has 0 aliphatic rings. The number of aromatic amines is 1. The zero-order valence-electron chi connectivity index (χ0n) is 12.0. The third-order valence-corrected chi connectivity index (χ3v) is 3.93. The summed E-state index contributed by atoms with van der Waals surface area (Å²) < 4.78 is 3.58. The van der Waals surface area contributed by atoms with Gasteiger partial charge in [0.1, 0.15) is 6.33 Å². The smallest absolute Gasteiger partial charge is 0.285 e. The van der Waals surface area contributed by atoms with Crippen LogP contribution < -0.4 is 5.56 Å². The fourth-order valence-corrected chi connectivity index (χ4v) is 2.88. The number of imidazole rings is 1. The molecule has 2 aromatic heterocycles. The molecule has 0 radical (unpaired) electrons. The first-order chi connectivity index (χ1) is 11.3. The standard InChI is InChI=1S/C17H12N4OS/c22-16-14-15(18-11-20(14)12-7-3-1-4-8-12)19-17(23)21(16)13-9-5-2-6-10-13/h1-11H,(H,19,23). The van der Waals surface area contributed by atoms with Crippen LogP contribution in [0.1, 0.15) is 0 Å². The predicted octanol–water partition coefficient (Wildman–Crippen LogP) is 3.23. The molecule has 5 nitrogen and oxygen atoms in total. The second-order valence-corrected chi connectivity index (χ2v) is 5.44. The molecule has 1 N–H and O–H groups in total. The minimum atomic E-state index is -0.198. The van der Waals surface area contributed by atoms with E-state index in [2.05, 4.69) is 9.97 Å². The molecule has 112 valence electrons. The van der Waals surface area contributed by atoms with Gasteiger partial charge in [0.15, 0.2) is 15.9 Å². The molecule has 6 heteroatoms. The Labute approximate surface area is 136 Å². The first-order valence-corrected chi connectivity index (χ1v) is 7.50. The monoisotopic (exact) mass is 320 g/mol. The Kier molecular flexibility index (Phi) is 3.17. The van der Waals surface area contributed by atoms with E-state index in [0.29, 0.717) is 15.9 Å². The molecule has 4 rings (SSSR count). The van der Waals surface area contributed by atoms with Crippen molar-refractivity contribution in [2.45, 2.75) is 0 Å². The minimum Gasteiger partial charge on any atom is -0.315 e. The fraction of sp³-hybridized carbons (Fsp3) is 0. The van der Waals surface area contributed by atoms with Gasteiger partial charge in [-0.25, -0.2) is 4.98 Å². The number of rotatable bonds is 2. The molecule has 0 saturated carbocycles. The number of benzene rings is 2. The summed E-state index contributed by atoms with van der Waals surface area (Å²) in [5.74, 6) is 0. The Morgan fingerprint density at radius 3 is 2.17 bits per heavy atom. The molecule has 2 aromatic carbocycles. The minimum absolute atomic E-state index is 0.198. The van der Waals surface area contributed by atoms with Crippen molar-refractivity contribution in [3.05, 3.63) is 82.1 Å². The van der Waals surface area contributed by atoms with Gasteiger partial charge in [-0.1, -0.05) is 36.4 Å². The summed E-state index contributed by atoms with van der Waals surface area (Å²) in [5.41, 5.74) is 2.35. The SMILES string of the molecule is O=c1c2c(ncn2-c2ccccc2)[nH]c(=S)n1-c1ccccc1. The highest BCUT2D eigenvalue weighted by atomic mass is 32.1. The third kappa shape index (κ3) is 2.20. The van der Waals surface area contributed by atoms with Crippen molar-refractivity contribution in [1.82, 2.24) is 19.1 Å². The number of fused-ring (bicyclic) bond motifs is 1. The van der Waals surface area contributed by atoms with Gasteiger partial charge >= 0.3 is 0 Å².